The number of hydrogen-bond donors (Lipinski definition) is 0. The molecule has 0 aromatic heterocycles. The van der Waals surface area contributed by atoms with E-state index in [2.05, 4.69) is 11.0 Å². The van der Waals surface area contributed by atoms with E-state index in [9.17, 15) is 4.79 Å². The van der Waals surface area contributed by atoms with E-state index in [0.29, 0.717) is 0 Å². The van der Waals surface area contributed by atoms with Crippen LogP contribution < -0.4 is 0 Å². The summed E-state index contributed by atoms with van der Waals surface area (Å²) in [6.07, 6.45) is 3.54. The highest BCUT2D eigenvalue weighted by Gasteiger charge is 2.19. The molecule has 0 atom stereocenters. The summed E-state index contributed by atoms with van der Waals surface area (Å²) in [5.74, 6) is 0.0845. The summed E-state index contributed by atoms with van der Waals surface area (Å²) < 4.78 is 0. The Hall–Kier alpha value is -2.10. The van der Waals surface area contributed by atoms with Crippen LogP contribution in [0.1, 0.15) is 11.1 Å². The first-order valence-electron chi connectivity index (χ1n) is 8.19. The standard InChI is InChI=1S/C20H21ClN2O/c21-19-8-4-7-18(15-19)16-22-11-13-23(14-12-22)20(24)10-9-17-5-2-1-3-6-17/h1-10,15H,11-14,16H2/b10-9+. The lowest BCUT2D eigenvalue weighted by Crippen LogP contribution is -2.47. The number of halogens is 1. The molecule has 0 saturated carbocycles. The fourth-order valence-electron chi connectivity index (χ4n) is 2.86. The average molecular weight is 341 g/mol. The largest absolute Gasteiger partial charge is 0.337 e. The second-order valence-corrected chi connectivity index (χ2v) is 6.41. The van der Waals surface area contributed by atoms with Gasteiger partial charge in [0.1, 0.15) is 0 Å². The van der Waals surface area contributed by atoms with E-state index in [1.807, 2.05) is 59.5 Å². The van der Waals surface area contributed by atoms with Gasteiger partial charge in [-0.1, -0.05) is 54.1 Å². The van der Waals surface area contributed by atoms with Crippen LogP contribution in [0, 0.1) is 0 Å². The minimum Gasteiger partial charge on any atom is -0.337 e. The van der Waals surface area contributed by atoms with Gasteiger partial charge in [0, 0.05) is 43.8 Å². The van der Waals surface area contributed by atoms with Crippen LogP contribution in [0.15, 0.2) is 60.7 Å². The van der Waals surface area contributed by atoms with Crippen LogP contribution in [0.25, 0.3) is 6.08 Å². The number of rotatable bonds is 4. The van der Waals surface area contributed by atoms with Crippen LogP contribution >= 0.6 is 11.6 Å². The molecule has 1 amide bonds. The maximum Gasteiger partial charge on any atom is 0.246 e. The molecule has 3 rings (SSSR count). The van der Waals surface area contributed by atoms with E-state index in [4.69, 9.17) is 11.6 Å². The number of benzene rings is 2. The topological polar surface area (TPSA) is 23.6 Å². The molecule has 0 bridgehead atoms. The molecule has 2 aromatic carbocycles. The summed E-state index contributed by atoms with van der Waals surface area (Å²) in [5.41, 5.74) is 2.26. The molecule has 1 aliphatic heterocycles. The van der Waals surface area contributed by atoms with Crippen LogP contribution in [0.3, 0.4) is 0 Å². The van der Waals surface area contributed by atoms with Crippen LogP contribution in [0.2, 0.25) is 5.02 Å². The highest BCUT2D eigenvalue weighted by molar-refractivity contribution is 6.30. The number of carbonyl (C=O) groups excluding carboxylic acids is 1. The molecule has 124 valence electrons. The Labute approximate surface area is 148 Å². The maximum atomic E-state index is 12.3. The fraction of sp³-hybridized carbons (Fsp3) is 0.250. The molecule has 2 aromatic rings. The molecular formula is C20H21ClN2O. The van der Waals surface area contributed by atoms with Gasteiger partial charge in [-0.15, -0.1) is 0 Å². The number of piperazine rings is 1. The van der Waals surface area contributed by atoms with Crippen molar-refractivity contribution < 1.29 is 4.79 Å². The van der Waals surface area contributed by atoms with Crippen LogP contribution in [0.4, 0.5) is 0 Å². The van der Waals surface area contributed by atoms with Gasteiger partial charge in [-0.25, -0.2) is 0 Å². The Balaban J connectivity index is 1.49. The lowest BCUT2D eigenvalue weighted by Gasteiger charge is -2.34. The Morgan fingerprint density at radius 2 is 1.75 bits per heavy atom. The highest BCUT2D eigenvalue weighted by Crippen LogP contribution is 2.14. The van der Waals surface area contributed by atoms with E-state index in [0.717, 1.165) is 43.3 Å². The molecule has 1 heterocycles. The number of nitrogens with zero attached hydrogens (tertiary/aromatic N) is 2. The second-order valence-electron chi connectivity index (χ2n) is 5.98. The van der Waals surface area contributed by atoms with Crippen LogP contribution in [-0.2, 0) is 11.3 Å². The quantitative estimate of drug-likeness (QED) is 0.792. The molecule has 24 heavy (non-hydrogen) atoms. The first-order chi connectivity index (χ1) is 11.7. The molecular weight excluding hydrogens is 320 g/mol. The maximum absolute atomic E-state index is 12.3. The molecule has 0 spiro atoms. The summed E-state index contributed by atoms with van der Waals surface area (Å²) >= 11 is 6.03. The van der Waals surface area contributed by atoms with E-state index in [-0.39, 0.29) is 5.91 Å². The van der Waals surface area contributed by atoms with Crippen molar-refractivity contribution in [2.24, 2.45) is 0 Å². The lowest BCUT2D eigenvalue weighted by atomic mass is 10.2. The Bertz CT molecular complexity index is 707. The third-order valence-electron chi connectivity index (χ3n) is 4.20. The van der Waals surface area contributed by atoms with Crippen molar-refractivity contribution in [3.8, 4) is 0 Å². The monoisotopic (exact) mass is 340 g/mol. The zero-order valence-electron chi connectivity index (χ0n) is 13.6. The summed E-state index contributed by atoms with van der Waals surface area (Å²) in [4.78, 5) is 16.6. The van der Waals surface area contributed by atoms with E-state index < -0.39 is 0 Å². The predicted molar refractivity (Wildman–Crippen MR) is 98.8 cm³/mol. The molecule has 4 heteroatoms. The van der Waals surface area contributed by atoms with Crippen molar-refractivity contribution in [1.29, 1.82) is 0 Å². The van der Waals surface area contributed by atoms with Crippen molar-refractivity contribution in [3.05, 3.63) is 76.8 Å². The van der Waals surface area contributed by atoms with Gasteiger partial charge in [-0.2, -0.15) is 0 Å². The molecule has 1 aliphatic rings. The van der Waals surface area contributed by atoms with Crippen molar-refractivity contribution in [1.82, 2.24) is 9.80 Å². The van der Waals surface area contributed by atoms with Crippen LogP contribution in [-0.4, -0.2) is 41.9 Å². The SMILES string of the molecule is O=C(/C=C/c1ccccc1)N1CCN(Cc2cccc(Cl)c2)CC1. The molecule has 0 unspecified atom stereocenters. The number of carbonyl (C=O) groups is 1. The molecule has 3 nitrogen and oxygen atoms in total. The Morgan fingerprint density at radius 3 is 2.46 bits per heavy atom. The van der Waals surface area contributed by atoms with Gasteiger partial charge < -0.3 is 4.90 Å². The zero-order valence-corrected chi connectivity index (χ0v) is 14.3. The first-order valence-corrected chi connectivity index (χ1v) is 8.57. The van der Waals surface area contributed by atoms with Gasteiger partial charge >= 0.3 is 0 Å². The summed E-state index contributed by atoms with van der Waals surface area (Å²) in [6.45, 7) is 4.17. The average Bonchev–Trinajstić information content (AvgIpc) is 2.61. The Kier molecular flexibility index (Phi) is 5.68. The zero-order chi connectivity index (χ0) is 16.8. The molecule has 0 N–H and O–H groups in total. The summed E-state index contributed by atoms with van der Waals surface area (Å²) in [7, 11) is 0. The Morgan fingerprint density at radius 1 is 1.00 bits per heavy atom. The lowest BCUT2D eigenvalue weighted by molar-refractivity contribution is -0.127. The van der Waals surface area contributed by atoms with E-state index in [1.165, 1.54) is 5.56 Å². The van der Waals surface area contributed by atoms with Crippen molar-refractivity contribution in [3.63, 3.8) is 0 Å². The van der Waals surface area contributed by atoms with Gasteiger partial charge in [0.05, 0.1) is 0 Å². The van der Waals surface area contributed by atoms with Gasteiger partial charge in [0.2, 0.25) is 5.91 Å². The fourth-order valence-corrected chi connectivity index (χ4v) is 3.07. The minimum atomic E-state index is 0.0845. The van der Waals surface area contributed by atoms with Gasteiger partial charge in [-0.3, -0.25) is 9.69 Å². The summed E-state index contributed by atoms with van der Waals surface area (Å²) in [5, 5.41) is 0.771. The normalized spacial score (nSPS) is 15.8. The minimum absolute atomic E-state index is 0.0845. The van der Waals surface area contributed by atoms with E-state index >= 15 is 0 Å². The highest BCUT2D eigenvalue weighted by atomic mass is 35.5. The number of hydrogen-bond acceptors (Lipinski definition) is 2. The molecule has 1 saturated heterocycles. The van der Waals surface area contributed by atoms with Gasteiger partial charge in [-0.05, 0) is 29.3 Å². The van der Waals surface area contributed by atoms with Crippen LogP contribution in [0.5, 0.6) is 0 Å². The molecule has 1 fully saturated rings. The third-order valence-corrected chi connectivity index (χ3v) is 4.43. The third kappa shape index (κ3) is 4.70. The van der Waals surface area contributed by atoms with Crippen molar-refractivity contribution >= 4 is 23.6 Å². The van der Waals surface area contributed by atoms with Gasteiger partial charge in [0.15, 0.2) is 0 Å². The van der Waals surface area contributed by atoms with Crippen molar-refractivity contribution in [2.75, 3.05) is 26.2 Å². The van der Waals surface area contributed by atoms with E-state index in [1.54, 1.807) is 6.08 Å². The predicted octanol–water partition coefficient (Wildman–Crippen LogP) is 3.70. The number of amides is 1. The van der Waals surface area contributed by atoms with Gasteiger partial charge in [0.25, 0.3) is 0 Å². The first kappa shape index (κ1) is 16.7. The van der Waals surface area contributed by atoms with Crippen molar-refractivity contribution in [2.45, 2.75) is 6.54 Å². The smallest absolute Gasteiger partial charge is 0.246 e. The summed E-state index contributed by atoms with van der Waals surface area (Å²) in [6, 6.07) is 17.9. The second kappa shape index (κ2) is 8.13. The molecule has 0 radical (unpaired) electrons. The molecule has 0 aliphatic carbocycles.